The molecule has 0 bridgehead atoms. The smallest absolute Gasteiger partial charge is 0.298 e. The Bertz CT molecular complexity index is 1330. The highest BCUT2D eigenvalue weighted by Crippen LogP contribution is 2.43. The predicted molar refractivity (Wildman–Crippen MR) is 127 cm³/mol. The highest BCUT2D eigenvalue weighted by Gasteiger charge is 2.42. The van der Waals surface area contributed by atoms with Crippen molar-refractivity contribution < 1.29 is 22.3 Å². The van der Waals surface area contributed by atoms with Crippen LogP contribution in [-0.4, -0.2) is 20.5 Å². The number of methoxy groups -OCH3 is 1. The fourth-order valence-corrected chi connectivity index (χ4v) is 4.95. The quantitative estimate of drug-likeness (QED) is 0.148. The Morgan fingerprint density at radius 2 is 1.18 bits per heavy atom. The molecule has 0 N–H and O–H groups in total. The first kappa shape index (κ1) is 23.2. The van der Waals surface area contributed by atoms with Crippen molar-refractivity contribution in [3.63, 3.8) is 0 Å². The van der Waals surface area contributed by atoms with Crippen molar-refractivity contribution in [2.75, 3.05) is 7.11 Å². The van der Waals surface area contributed by atoms with Gasteiger partial charge in [-0.1, -0.05) is 72.8 Å². The molecule has 0 aromatic heterocycles. The highest BCUT2D eigenvalue weighted by atomic mass is 32.2. The van der Waals surface area contributed by atoms with Crippen LogP contribution in [0.15, 0.2) is 114 Å². The minimum Gasteiger partial charge on any atom is -0.497 e. The Hall–Kier alpha value is -4.01. The lowest BCUT2D eigenvalue weighted by Gasteiger charge is -2.35. The first-order valence-electron chi connectivity index (χ1n) is 10.3. The van der Waals surface area contributed by atoms with E-state index in [4.69, 9.17) is 8.92 Å². The van der Waals surface area contributed by atoms with Crippen molar-refractivity contribution in [1.82, 2.24) is 0 Å². The van der Waals surface area contributed by atoms with Crippen molar-refractivity contribution in [2.24, 2.45) is 0 Å². The van der Waals surface area contributed by atoms with Gasteiger partial charge in [-0.25, -0.2) is 4.18 Å². The van der Waals surface area contributed by atoms with Crippen molar-refractivity contribution in [2.45, 2.75) is 10.5 Å². The van der Waals surface area contributed by atoms with Crippen LogP contribution in [-0.2, 0) is 19.9 Å². The Kier molecular flexibility index (Phi) is 6.45. The van der Waals surface area contributed by atoms with E-state index in [0.29, 0.717) is 22.4 Å². The summed E-state index contributed by atoms with van der Waals surface area (Å²) < 4.78 is 38.5. The zero-order chi connectivity index (χ0) is 24.2. The lowest BCUT2D eigenvalue weighted by molar-refractivity contribution is -0.384. The number of hydrogen-bond acceptors (Lipinski definition) is 6. The maximum absolute atomic E-state index is 13.6. The second kappa shape index (κ2) is 9.46. The normalized spacial score (nSPS) is 11.7. The van der Waals surface area contributed by atoms with Crippen LogP contribution in [0.1, 0.15) is 16.7 Å². The Morgan fingerprint density at radius 3 is 1.62 bits per heavy atom. The molecule has 0 saturated carbocycles. The summed E-state index contributed by atoms with van der Waals surface area (Å²) in [5.74, 6) is 0.608. The van der Waals surface area contributed by atoms with Gasteiger partial charge in [-0.05, 0) is 41.0 Å². The van der Waals surface area contributed by atoms with Gasteiger partial charge in [0.05, 0.1) is 16.9 Å². The lowest BCUT2D eigenvalue weighted by atomic mass is 9.80. The van der Waals surface area contributed by atoms with Crippen LogP contribution in [0.5, 0.6) is 5.75 Å². The number of nitro benzene ring substituents is 1. The summed E-state index contributed by atoms with van der Waals surface area (Å²) in [6.07, 6.45) is 0. The Balaban J connectivity index is 1.95. The van der Waals surface area contributed by atoms with Crippen molar-refractivity contribution in [3.8, 4) is 5.75 Å². The van der Waals surface area contributed by atoms with Gasteiger partial charge in [0.2, 0.25) is 0 Å². The van der Waals surface area contributed by atoms with Crippen LogP contribution < -0.4 is 4.74 Å². The van der Waals surface area contributed by atoms with Crippen LogP contribution in [0.25, 0.3) is 0 Å². The van der Waals surface area contributed by atoms with E-state index in [-0.39, 0.29) is 10.6 Å². The topological polar surface area (TPSA) is 95.7 Å². The van der Waals surface area contributed by atoms with E-state index in [1.54, 1.807) is 79.9 Å². The summed E-state index contributed by atoms with van der Waals surface area (Å²) in [6, 6.07) is 29.6. The first-order valence-corrected chi connectivity index (χ1v) is 11.7. The molecule has 34 heavy (non-hydrogen) atoms. The molecule has 4 rings (SSSR count). The molecule has 0 amide bonds. The SMILES string of the molecule is COc1ccc(C(OS(=O)(=O)c2ccc([N+](=O)[O-])cc2)(c2ccccc2)c2ccccc2)cc1. The van der Waals surface area contributed by atoms with Crippen LogP contribution in [0, 0.1) is 10.1 Å². The average molecular weight is 476 g/mol. The van der Waals surface area contributed by atoms with Gasteiger partial charge in [0.25, 0.3) is 15.8 Å². The third kappa shape index (κ3) is 4.41. The number of rotatable bonds is 8. The molecular formula is C26H21NO6S. The van der Waals surface area contributed by atoms with E-state index in [9.17, 15) is 18.5 Å². The van der Waals surface area contributed by atoms with Gasteiger partial charge in [-0.15, -0.1) is 0 Å². The Labute approximate surface area is 197 Å². The van der Waals surface area contributed by atoms with Crippen LogP contribution in [0.2, 0.25) is 0 Å². The second-order valence-corrected chi connectivity index (χ2v) is 8.98. The van der Waals surface area contributed by atoms with Gasteiger partial charge < -0.3 is 4.74 Å². The molecule has 0 aliphatic rings. The summed E-state index contributed by atoms with van der Waals surface area (Å²) >= 11 is 0. The molecule has 4 aromatic carbocycles. The van der Waals surface area contributed by atoms with Crippen LogP contribution in [0.4, 0.5) is 5.69 Å². The maximum atomic E-state index is 13.6. The molecule has 0 saturated heterocycles. The van der Waals surface area contributed by atoms with E-state index in [2.05, 4.69) is 0 Å². The lowest BCUT2D eigenvalue weighted by Crippen LogP contribution is -2.35. The molecule has 0 atom stereocenters. The molecule has 172 valence electrons. The van der Waals surface area contributed by atoms with E-state index >= 15 is 0 Å². The minimum absolute atomic E-state index is 0.192. The predicted octanol–water partition coefficient (Wildman–Crippen LogP) is 5.30. The molecule has 0 radical (unpaired) electrons. The van der Waals surface area contributed by atoms with Gasteiger partial charge in [-0.3, -0.25) is 10.1 Å². The molecule has 4 aromatic rings. The van der Waals surface area contributed by atoms with E-state index < -0.39 is 20.6 Å². The standard InChI is InChI=1S/C26H21NO6S/c1-32-24-16-12-22(13-17-24)26(20-8-4-2-5-9-20,21-10-6-3-7-11-21)33-34(30,31)25-18-14-23(15-19-25)27(28)29/h2-19H,1H3. The van der Waals surface area contributed by atoms with Crippen molar-refractivity contribution in [1.29, 1.82) is 0 Å². The van der Waals surface area contributed by atoms with Gasteiger partial charge in [0, 0.05) is 12.1 Å². The number of hydrogen-bond donors (Lipinski definition) is 0. The monoisotopic (exact) mass is 475 g/mol. The third-order valence-corrected chi connectivity index (χ3v) is 6.75. The summed E-state index contributed by atoms with van der Waals surface area (Å²) in [4.78, 5) is 10.2. The molecule has 0 heterocycles. The summed E-state index contributed by atoms with van der Waals surface area (Å²) in [5.41, 5.74) is 0.00597. The van der Waals surface area contributed by atoms with E-state index in [1.165, 1.54) is 12.1 Å². The largest absolute Gasteiger partial charge is 0.497 e. The number of nitro groups is 1. The van der Waals surface area contributed by atoms with E-state index in [1.807, 2.05) is 12.1 Å². The van der Waals surface area contributed by atoms with Gasteiger partial charge >= 0.3 is 0 Å². The number of nitrogens with zero attached hydrogens (tertiary/aromatic N) is 1. The fraction of sp³-hybridized carbons (Fsp3) is 0.0769. The zero-order valence-corrected chi connectivity index (χ0v) is 19.0. The van der Waals surface area contributed by atoms with Gasteiger partial charge in [0.15, 0.2) is 5.60 Å². The first-order chi connectivity index (χ1) is 16.4. The Morgan fingerprint density at radius 1 is 0.706 bits per heavy atom. The van der Waals surface area contributed by atoms with Crippen molar-refractivity contribution >= 4 is 15.8 Å². The molecule has 0 aliphatic carbocycles. The minimum atomic E-state index is -4.37. The molecule has 7 nitrogen and oxygen atoms in total. The second-order valence-electron chi connectivity index (χ2n) is 7.43. The number of non-ortho nitro benzene ring substituents is 1. The summed E-state index contributed by atoms with van der Waals surface area (Å²) in [6.45, 7) is 0. The van der Waals surface area contributed by atoms with E-state index in [0.717, 1.165) is 12.1 Å². The molecule has 0 fully saturated rings. The average Bonchev–Trinajstić information content (AvgIpc) is 2.88. The summed E-state index contributed by atoms with van der Waals surface area (Å²) in [5, 5.41) is 11.0. The highest BCUT2D eigenvalue weighted by molar-refractivity contribution is 7.86. The number of benzene rings is 4. The fourth-order valence-electron chi connectivity index (χ4n) is 3.76. The molecular weight excluding hydrogens is 454 g/mol. The van der Waals surface area contributed by atoms with Crippen molar-refractivity contribution in [3.05, 3.63) is 136 Å². The third-order valence-electron chi connectivity index (χ3n) is 5.43. The number of ether oxygens (including phenoxy) is 1. The molecule has 0 spiro atoms. The zero-order valence-electron chi connectivity index (χ0n) is 18.2. The summed E-state index contributed by atoms with van der Waals surface area (Å²) in [7, 11) is -2.83. The van der Waals surface area contributed by atoms with Crippen LogP contribution in [0.3, 0.4) is 0 Å². The van der Waals surface area contributed by atoms with Crippen LogP contribution >= 0.6 is 0 Å². The van der Waals surface area contributed by atoms with Gasteiger partial charge in [-0.2, -0.15) is 8.42 Å². The van der Waals surface area contributed by atoms with Gasteiger partial charge in [0.1, 0.15) is 5.75 Å². The molecule has 8 heteroatoms. The maximum Gasteiger partial charge on any atom is 0.298 e. The molecule has 0 aliphatic heterocycles. The molecule has 0 unspecified atom stereocenters.